The highest BCUT2D eigenvalue weighted by Crippen LogP contribution is 2.38. The molecular weight excluding hydrogens is 527 g/mol. The lowest BCUT2D eigenvalue weighted by molar-refractivity contribution is -0.870. The third-order valence-electron chi connectivity index (χ3n) is 6.33. The molecule has 3 unspecified atom stereocenters. The number of rotatable bonds is 26. The molecule has 0 heterocycles. The van der Waals surface area contributed by atoms with Gasteiger partial charge in [0, 0.05) is 6.42 Å². The van der Waals surface area contributed by atoms with Crippen molar-refractivity contribution in [3.63, 3.8) is 0 Å². The molecule has 3 atom stereocenters. The van der Waals surface area contributed by atoms with Crippen molar-refractivity contribution in [3.8, 4) is 0 Å². The Kier molecular flexibility index (Phi) is 23.6. The van der Waals surface area contributed by atoms with Crippen molar-refractivity contribution < 1.29 is 32.9 Å². The Hall–Kier alpha value is -1.28. The van der Waals surface area contributed by atoms with Gasteiger partial charge in [0.15, 0.2) is 0 Å². The number of hydrogen-bond acceptors (Lipinski definition) is 6. The topological polar surface area (TPSA) is 108 Å². The second kappa shape index (κ2) is 24.3. The fourth-order valence-electron chi connectivity index (χ4n) is 3.77. The van der Waals surface area contributed by atoms with Gasteiger partial charge in [-0.3, -0.25) is 9.36 Å². The second-order valence-corrected chi connectivity index (χ2v) is 12.9. The molecule has 0 aromatic carbocycles. The van der Waals surface area contributed by atoms with E-state index in [1.54, 1.807) is 6.08 Å². The van der Waals surface area contributed by atoms with E-state index in [9.17, 15) is 19.4 Å². The molecule has 0 aromatic heterocycles. The largest absolute Gasteiger partial charge is 0.756 e. The number of carbonyl (C=O) groups excluding carboxylic acids is 1. The first-order valence-electron chi connectivity index (χ1n) is 15.4. The Balaban J connectivity index is 4.56. The van der Waals surface area contributed by atoms with Gasteiger partial charge in [0.2, 0.25) is 5.91 Å². The monoisotopic (exact) mass is 586 g/mol. The molecule has 0 aromatic rings. The number of unbranched alkanes of at least 4 members (excludes halogenated alkanes) is 9. The van der Waals surface area contributed by atoms with Crippen molar-refractivity contribution in [3.05, 3.63) is 36.5 Å². The van der Waals surface area contributed by atoms with E-state index in [4.69, 9.17) is 9.05 Å². The summed E-state index contributed by atoms with van der Waals surface area (Å²) in [4.78, 5) is 24.6. The van der Waals surface area contributed by atoms with Crippen molar-refractivity contribution >= 4 is 13.7 Å². The lowest BCUT2D eigenvalue weighted by Gasteiger charge is -2.29. The average molecular weight is 587 g/mol. The molecule has 0 fully saturated rings. The van der Waals surface area contributed by atoms with E-state index in [1.165, 1.54) is 38.5 Å². The number of carbonyl (C=O) groups is 1. The van der Waals surface area contributed by atoms with E-state index in [0.717, 1.165) is 44.9 Å². The molecule has 0 rings (SSSR count). The summed E-state index contributed by atoms with van der Waals surface area (Å²) in [5.41, 5.74) is 0. The third-order valence-corrected chi connectivity index (χ3v) is 7.29. The van der Waals surface area contributed by atoms with Gasteiger partial charge in [-0.25, -0.2) is 0 Å². The Morgan fingerprint density at radius 3 is 2.00 bits per heavy atom. The van der Waals surface area contributed by atoms with Crippen molar-refractivity contribution in [1.29, 1.82) is 0 Å². The number of aliphatic hydroxyl groups is 1. The van der Waals surface area contributed by atoms with E-state index in [2.05, 4.69) is 43.5 Å². The lowest BCUT2D eigenvalue weighted by atomic mass is 10.1. The molecule has 1 amide bonds. The summed E-state index contributed by atoms with van der Waals surface area (Å²) in [6, 6.07) is -0.899. The zero-order chi connectivity index (χ0) is 30.1. The molecular formula is C31H59N2O6P. The van der Waals surface area contributed by atoms with Crippen molar-refractivity contribution in [2.75, 3.05) is 40.9 Å². The number of phosphoric acid groups is 1. The number of hydrogen-bond donors (Lipinski definition) is 2. The van der Waals surface area contributed by atoms with Crippen LogP contribution in [0.4, 0.5) is 0 Å². The van der Waals surface area contributed by atoms with Crippen LogP contribution in [0.3, 0.4) is 0 Å². The molecule has 40 heavy (non-hydrogen) atoms. The van der Waals surface area contributed by atoms with Gasteiger partial charge in [-0.1, -0.05) is 88.8 Å². The van der Waals surface area contributed by atoms with Crippen molar-refractivity contribution in [1.82, 2.24) is 5.32 Å². The fraction of sp³-hybridized carbons (Fsp3) is 0.774. The van der Waals surface area contributed by atoms with Crippen LogP contribution in [0.2, 0.25) is 0 Å². The standard InChI is InChI=1S/C31H59N2O6P/c1-6-8-10-11-12-13-14-15-16-17-18-19-20-21-23-24-30(34)29(32-31(35)25-22-9-7-2)28-39-40(36,37)38-27-26-33(3,4)5/h14-15,18-19,23-24,29-30,34H,6-13,16-17,20-22,25-28H2,1-5H3,(H-,32,35,36,37)/b15-14+,19-18+,24-23+. The van der Waals surface area contributed by atoms with Gasteiger partial charge in [0.1, 0.15) is 13.2 Å². The lowest BCUT2D eigenvalue weighted by Crippen LogP contribution is -2.45. The van der Waals surface area contributed by atoms with Gasteiger partial charge in [0.05, 0.1) is 39.9 Å². The van der Waals surface area contributed by atoms with Crippen LogP contribution >= 0.6 is 7.82 Å². The summed E-state index contributed by atoms with van der Waals surface area (Å²) in [5, 5.41) is 13.4. The summed E-state index contributed by atoms with van der Waals surface area (Å²) in [6.45, 7) is 4.37. The number of likely N-dealkylation sites (N-methyl/N-ethyl adjacent to an activating group) is 1. The molecule has 0 aliphatic rings. The van der Waals surface area contributed by atoms with Crippen LogP contribution < -0.4 is 10.2 Å². The van der Waals surface area contributed by atoms with E-state index in [1.807, 2.05) is 27.2 Å². The first-order chi connectivity index (χ1) is 19.0. The zero-order valence-corrected chi connectivity index (χ0v) is 26.9. The summed E-state index contributed by atoms with van der Waals surface area (Å²) in [6.07, 6.45) is 25.5. The second-order valence-electron chi connectivity index (χ2n) is 11.4. The van der Waals surface area contributed by atoms with E-state index < -0.39 is 26.6 Å². The van der Waals surface area contributed by atoms with Crippen molar-refractivity contribution in [2.45, 2.75) is 116 Å². The smallest absolute Gasteiger partial charge is 0.268 e. The summed E-state index contributed by atoms with van der Waals surface area (Å²) in [5.74, 6) is -0.241. The maximum absolute atomic E-state index is 12.4. The third kappa shape index (κ3) is 25.7. The van der Waals surface area contributed by atoms with Crippen LogP contribution in [-0.4, -0.2) is 68.5 Å². The maximum atomic E-state index is 12.4. The van der Waals surface area contributed by atoms with Gasteiger partial charge in [-0.15, -0.1) is 0 Å². The van der Waals surface area contributed by atoms with E-state index >= 15 is 0 Å². The minimum Gasteiger partial charge on any atom is -0.756 e. The van der Waals surface area contributed by atoms with Crippen LogP contribution in [0.25, 0.3) is 0 Å². The van der Waals surface area contributed by atoms with Gasteiger partial charge in [-0.05, 0) is 44.9 Å². The zero-order valence-electron chi connectivity index (χ0n) is 26.0. The SMILES string of the molecule is CCCCCCC/C=C/CC/C=C/CC/C=C/C(O)C(COP(=O)([O-])OCC[N+](C)(C)C)NC(=O)CCCCC. The first kappa shape index (κ1) is 38.7. The van der Waals surface area contributed by atoms with Gasteiger partial charge in [0.25, 0.3) is 7.82 Å². The number of aliphatic hydroxyl groups excluding tert-OH is 1. The summed E-state index contributed by atoms with van der Waals surface area (Å²) in [7, 11) is 1.22. The molecule has 234 valence electrons. The molecule has 0 saturated carbocycles. The summed E-state index contributed by atoms with van der Waals surface area (Å²) >= 11 is 0. The average Bonchev–Trinajstić information content (AvgIpc) is 2.88. The van der Waals surface area contributed by atoms with E-state index in [0.29, 0.717) is 17.4 Å². The molecule has 8 nitrogen and oxygen atoms in total. The Morgan fingerprint density at radius 1 is 0.850 bits per heavy atom. The van der Waals surface area contributed by atoms with Crippen LogP contribution in [0.1, 0.15) is 104 Å². The predicted molar refractivity (Wildman–Crippen MR) is 164 cm³/mol. The quantitative estimate of drug-likeness (QED) is 0.0540. The van der Waals surface area contributed by atoms with Gasteiger partial charge in [-0.2, -0.15) is 0 Å². The number of nitrogens with one attached hydrogen (secondary N) is 1. The summed E-state index contributed by atoms with van der Waals surface area (Å²) < 4.78 is 22.7. The fourth-order valence-corrected chi connectivity index (χ4v) is 4.49. The maximum Gasteiger partial charge on any atom is 0.268 e. The minimum atomic E-state index is -4.56. The highest BCUT2D eigenvalue weighted by atomic mass is 31.2. The molecule has 0 bridgehead atoms. The van der Waals surface area contributed by atoms with Gasteiger partial charge < -0.3 is 28.8 Å². The Bertz CT molecular complexity index is 763. The van der Waals surface area contributed by atoms with Crippen LogP contribution in [0, 0.1) is 0 Å². The molecule has 0 radical (unpaired) electrons. The molecule has 0 aliphatic carbocycles. The molecule has 0 aliphatic heterocycles. The first-order valence-corrected chi connectivity index (χ1v) is 16.8. The predicted octanol–water partition coefficient (Wildman–Crippen LogP) is 6.21. The van der Waals surface area contributed by atoms with Crippen molar-refractivity contribution in [2.24, 2.45) is 0 Å². The number of quaternary nitrogens is 1. The Morgan fingerprint density at radius 2 is 1.40 bits per heavy atom. The van der Waals surface area contributed by atoms with Gasteiger partial charge >= 0.3 is 0 Å². The van der Waals surface area contributed by atoms with Crippen LogP contribution in [-0.2, 0) is 18.4 Å². The molecule has 2 N–H and O–H groups in total. The van der Waals surface area contributed by atoms with E-state index in [-0.39, 0.29) is 12.5 Å². The highest BCUT2D eigenvalue weighted by Gasteiger charge is 2.23. The Labute approximate surface area is 245 Å². The highest BCUT2D eigenvalue weighted by molar-refractivity contribution is 7.45. The van der Waals surface area contributed by atoms with Crippen LogP contribution in [0.5, 0.6) is 0 Å². The number of phosphoric ester groups is 1. The number of allylic oxidation sites excluding steroid dienone is 5. The molecule has 9 heteroatoms. The molecule has 0 spiro atoms. The number of nitrogens with zero attached hydrogens (tertiary/aromatic N) is 1. The van der Waals surface area contributed by atoms with Crippen LogP contribution in [0.15, 0.2) is 36.5 Å². The molecule has 0 saturated heterocycles. The minimum absolute atomic E-state index is 0.0102. The number of amides is 1. The normalized spacial score (nSPS) is 15.7.